The van der Waals surface area contributed by atoms with Crippen LogP contribution in [0.4, 0.5) is 5.82 Å². The quantitative estimate of drug-likeness (QED) is 0.366. The zero-order valence-electron chi connectivity index (χ0n) is 26.3. The Hall–Kier alpha value is -3.46. The van der Waals surface area contributed by atoms with Gasteiger partial charge in [0.05, 0.1) is 17.7 Å². The minimum atomic E-state index is -0.804. The van der Waals surface area contributed by atoms with E-state index in [0.717, 1.165) is 80.4 Å². The summed E-state index contributed by atoms with van der Waals surface area (Å²) in [5.41, 5.74) is 8.39. The number of hydrogen-bond donors (Lipinski definition) is 1. The summed E-state index contributed by atoms with van der Waals surface area (Å²) >= 11 is 0. The number of aromatic nitrogens is 1. The van der Waals surface area contributed by atoms with E-state index < -0.39 is 11.9 Å². The number of fused-ring (bicyclic) bond motifs is 1. The van der Waals surface area contributed by atoms with Crippen molar-refractivity contribution in [3.63, 3.8) is 0 Å². The van der Waals surface area contributed by atoms with E-state index in [-0.39, 0.29) is 6.10 Å². The van der Waals surface area contributed by atoms with Crippen LogP contribution in [0.2, 0.25) is 0 Å². The van der Waals surface area contributed by atoms with E-state index in [1.54, 1.807) is 7.11 Å². The monoisotopic (exact) mass is 599 g/mol. The van der Waals surface area contributed by atoms with Crippen LogP contribution < -0.4 is 9.64 Å². The van der Waals surface area contributed by atoms with Gasteiger partial charge in [-0.25, -0.2) is 4.98 Å². The second-order valence-corrected chi connectivity index (χ2v) is 12.4. The second-order valence-electron chi connectivity index (χ2n) is 12.4. The predicted octanol–water partition coefficient (Wildman–Crippen LogP) is 5.45. The number of carbonyl (C=O) groups is 1. The summed E-state index contributed by atoms with van der Waals surface area (Å²) in [4.78, 5) is 21.5. The Morgan fingerprint density at radius 3 is 2.59 bits per heavy atom. The number of hydrogen-bond acceptors (Lipinski definition) is 7. The van der Waals surface area contributed by atoms with Crippen LogP contribution in [0.1, 0.15) is 47.1 Å². The molecule has 1 aromatic heterocycles. The van der Waals surface area contributed by atoms with Gasteiger partial charge in [0, 0.05) is 58.1 Å². The molecule has 0 saturated carbocycles. The van der Waals surface area contributed by atoms with Gasteiger partial charge in [0.2, 0.25) is 0 Å². The molecule has 2 atom stereocenters. The number of benzene rings is 2. The average Bonchev–Trinajstić information content (AvgIpc) is 3.28. The molecule has 0 unspecified atom stereocenters. The van der Waals surface area contributed by atoms with Crippen molar-refractivity contribution in [2.45, 2.75) is 64.7 Å². The maximum Gasteiger partial charge on any atom is 0.309 e. The number of carboxylic acid groups (broad SMARTS) is 1. The van der Waals surface area contributed by atoms with Crippen molar-refractivity contribution in [2.24, 2.45) is 5.92 Å². The van der Waals surface area contributed by atoms with Gasteiger partial charge in [-0.15, -0.1) is 0 Å². The molecule has 6 rings (SSSR count). The number of anilines is 1. The third-order valence-corrected chi connectivity index (χ3v) is 9.93. The lowest BCUT2D eigenvalue weighted by atomic mass is 9.94. The van der Waals surface area contributed by atoms with E-state index >= 15 is 0 Å². The predicted molar refractivity (Wildman–Crippen MR) is 171 cm³/mol. The van der Waals surface area contributed by atoms with Crippen LogP contribution in [-0.2, 0) is 33.7 Å². The zero-order chi connectivity index (χ0) is 30.6. The zero-order valence-corrected chi connectivity index (χ0v) is 26.3. The smallest absolute Gasteiger partial charge is 0.309 e. The van der Waals surface area contributed by atoms with Gasteiger partial charge in [-0.1, -0.05) is 30.3 Å². The highest BCUT2D eigenvalue weighted by molar-refractivity contribution is 5.72. The average molecular weight is 600 g/mol. The van der Waals surface area contributed by atoms with Crippen LogP contribution in [0.3, 0.4) is 0 Å². The van der Waals surface area contributed by atoms with Crippen LogP contribution in [0.15, 0.2) is 48.5 Å². The Labute approximate surface area is 260 Å². The second kappa shape index (κ2) is 13.7. The number of pyridine rings is 1. The molecule has 2 fully saturated rings. The summed E-state index contributed by atoms with van der Waals surface area (Å²) < 4.78 is 17.8. The van der Waals surface area contributed by atoms with E-state index in [2.05, 4.69) is 47.9 Å². The molecule has 3 aliphatic rings. The molecule has 0 amide bonds. The van der Waals surface area contributed by atoms with Gasteiger partial charge in [-0.2, -0.15) is 0 Å². The number of ether oxygens (including phenoxy) is 3. The molecule has 0 aliphatic carbocycles. The van der Waals surface area contributed by atoms with Gasteiger partial charge in [0.15, 0.2) is 0 Å². The number of piperidine rings is 1. The van der Waals surface area contributed by atoms with Gasteiger partial charge in [-0.05, 0) is 92.0 Å². The van der Waals surface area contributed by atoms with Crippen LogP contribution in [0, 0.1) is 19.8 Å². The molecule has 2 aromatic carbocycles. The van der Waals surface area contributed by atoms with Crippen LogP contribution >= 0.6 is 0 Å². The Bertz CT molecular complexity index is 1470. The Kier molecular flexibility index (Phi) is 9.50. The van der Waals surface area contributed by atoms with Crippen LogP contribution in [0.5, 0.6) is 5.75 Å². The number of aliphatic carboxylic acids is 1. The maximum atomic E-state index is 11.7. The standard InChI is InChI=1S/C36H45N3O5/c1-24-6-4-7-30(32-8-5-9-34(37-32)39-19-14-31(36(40)41)33(22-39)42-3)35(24)44-23-27-11-10-26-12-17-38(18-13-29(26)25(27)2)28-15-20-43-21-16-28/h4-11,28,31,33H,12-23H2,1-3H3,(H,40,41)/t31-,33+/m0/s1. The number of carboxylic acids is 1. The lowest BCUT2D eigenvalue weighted by Gasteiger charge is -2.36. The normalized spacial score (nSPS) is 21.5. The van der Waals surface area contributed by atoms with E-state index in [1.165, 1.54) is 22.3 Å². The van der Waals surface area contributed by atoms with Gasteiger partial charge >= 0.3 is 5.97 Å². The lowest BCUT2D eigenvalue weighted by Crippen LogP contribution is -2.47. The summed E-state index contributed by atoms with van der Waals surface area (Å²) in [7, 11) is 1.58. The third-order valence-electron chi connectivity index (χ3n) is 9.93. The first kappa shape index (κ1) is 30.6. The van der Waals surface area contributed by atoms with Crippen molar-refractivity contribution in [2.75, 3.05) is 51.4 Å². The Morgan fingerprint density at radius 2 is 1.80 bits per heavy atom. The van der Waals surface area contributed by atoms with Gasteiger partial charge in [0.25, 0.3) is 0 Å². The molecule has 3 aromatic rings. The highest BCUT2D eigenvalue weighted by Crippen LogP contribution is 2.35. The highest BCUT2D eigenvalue weighted by Gasteiger charge is 2.35. The van der Waals surface area contributed by atoms with Crippen molar-refractivity contribution < 1.29 is 24.1 Å². The van der Waals surface area contributed by atoms with Crippen molar-refractivity contribution in [3.05, 3.63) is 76.3 Å². The molecule has 234 valence electrons. The van der Waals surface area contributed by atoms with E-state index in [9.17, 15) is 9.90 Å². The summed E-state index contributed by atoms with van der Waals surface area (Å²) in [6.45, 7) is 9.94. The Morgan fingerprint density at radius 1 is 1.00 bits per heavy atom. The summed E-state index contributed by atoms with van der Waals surface area (Å²) in [6.07, 6.45) is 4.60. The molecule has 0 spiro atoms. The molecule has 8 heteroatoms. The van der Waals surface area contributed by atoms with Gasteiger partial charge in [-0.3, -0.25) is 9.69 Å². The summed E-state index contributed by atoms with van der Waals surface area (Å²) in [6, 6.07) is 17.4. The molecule has 2 saturated heterocycles. The number of para-hydroxylation sites is 1. The fourth-order valence-corrected chi connectivity index (χ4v) is 7.24. The first-order valence-electron chi connectivity index (χ1n) is 16.1. The third kappa shape index (κ3) is 6.48. The fraction of sp³-hybridized carbons (Fsp3) is 0.500. The number of rotatable bonds is 8. The minimum absolute atomic E-state index is 0.376. The molecular weight excluding hydrogens is 554 g/mol. The lowest BCUT2D eigenvalue weighted by molar-refractivity contribution is -0.147. The SMILES string of the molecule is CO[C@@H]1CN(c2cccc(-c3cccc(C)c3OCc3ccc4c(c3C)CCN(C3CCOCC3)CC4)n2)CC[C@@H]1C(=O)O. The van der Waals surface area contributed by atoms with Crippen molar-refractivity contribution in [1.82, 2.24) is 9.88 Å². The number of aryl methyl sites for hydroxylation is 1. The van der Waals surface area contributed by atoms with E-state index in [0.29, 0.717) is 32.2 Å². The van der Waals surface area contributed by atoms with E-state index in [4.69, 9.17) is 19.2 Å². The van der Waals surface area contributed by atoms with Crippen LogP contribution in [0.25, 0.3) is 11.3 Å². The molecular formula is C36H45N3O5. The van der Waals surface area contributed by atoms with Crippen molar-refractivity contribution in [3.8, 4) is 17.0 Å². The van der Waals surface area contributed by atoms with Crippen molar-refractivity contribution in [1.29, 1.82) is 0 Å². The summed E-state index contributed by atoms with van der Waals surface area (Å²) in [5.74, 6) is 0.355. The van der Waals surface area contributed by atoms with Crippen LogP contribution in [-0.4, -0.2) is 79.6 Å². The first-order chi connectivity index (χ1) is 21.4. The Balaban J connectivity index is 1.18. The highest BCUT2D eigenvalue weighted by atomic mass is 16.5. The largest absolute Gasteiger partial charge is 0.488 e. The topological polar surface area (TPSA) is 84.4 Å². The first-order valence-corrected chi connectivity index (χ1v) is 16.1. The van der Waals surface area contributed by atoms with Crippen molar-refractivity contribution >= 4 is 11.8 Å². The molecule has 8 nitrogen and oxygen atoms in total. The minimum Gasteiger partial charge on any atom is -0.488 e. The fourth-order valence-electron chi connectivity index (χ4n) is 7.24. The summed E-state index contributed by atoms with van der Waals surface area (Å²) in [5, 5.41) is 9.59. The molecule has 44 heavy (non-hydrogen) atoms. The van der Waals surface area contributed by atoms with Gasteiger partial charge in [0.1, 0.15) is 18.2 Å². The maximum absolute atomic E-state index is 11.7. The molecule has 4 heterocycles. The van der Waals surface area contributed by atoms with E-state index in [1.807, 2.05) is 24.3 Å². The molecule has 0 bridgehead atoms. The van der Waals surface area contributed by atoms with Gasteiger partial charge < -0.3 is 24.2 Å². The molecule has 0 radical (unpaired) electrons. The number of methoxy groups -OCH3 is 1. The molecule has 3 aliphatic heterocycles. The molecule has 1 N–H and O–H groups in total. The number of nitrogens with zero attached hydrogens (tertiary/aromatic N) is 3.